The second-order valence-electron chi connectivity index (χ2n) is 8.17. The van der Waals surface area contributed by atoms with Gasteiger partial charge in [0, 0.05) is 31.9 Å². The number of rotatable bonds is 5. The lowest BCUT2D eigenvalue weighted by atomic mass is 9.96. The third-order valence-corrected chi connectivity index (χ3v) is 6.76. The van der Waals surface area contributed by atoms with Crippen molar-refractivity contribution < 1.29 is 14.4 Å². The molecule has 0 atom stereocenters. The lowest BCUT2D eigenvalue weighted by Gasteiger charge is -2.32. The number of nitrogens with zero attached hydrogens (tertiary/aromatic N) is 2. The van der Waals surface area contributed by atoms with Crippen molar-refractivity contribution in [2.75, 3.05) is 25.9 Å². The highest BCUT2D eigenvalue weighted by Gasteiger charge is 2.26. The van der Waals surface area contributed by atoms with Crippen LogP contribution in [0.25, 0.3) is 0 Å². The number of pyridine rings is 1. The molecule has 0 unspecified atom stereocenters. The zero-order valence-electron chi connectivity index (χ0n) is 17.7. The molecule has 0 spiro atoms. The van der Waals surface area contributed by atoms with Gasteiger partial charge >= 0.3 is 11.8 Å². The zero-order valence-corrected chi connectivity index (χ0v) is 18.5. The molecule has 3 amide bonds. The average molecular weight is 433 g/mol. The van der Waals surface area contributed by atoms with Gasteiger partial charge in [-0.1, -0.05) is 25.7 Å². The van der Waals surface area contributed by atoms with E-state index in [0.717, 1.165) is 43.6 Å². The van der Waals surface area contributed by atoms with E-state index in [4.69, 9.17) is 0 Å². The molecule has 1 saturated heterocycles. The molecule has 2 fully saturated rings. The minimum absolute atomic E-state index is 0.0118. The van der Waals surface area contributed by atoms with Gasteiger partial charge in [-0.05, 0) is 50.0 Å². The van der Waals surface area contributed by atoms with E-state index >= 15 is 0 Å². The zero-order chi connectivity index (χ0) is 21.3. The van der Waals surface area contributed by atoms with Crippen molar-refractivity contribution in [3.8, 4) is 0 Å². The highest BCUT2D eigenvalue weighted by Crippen LogP contribution is 2.23. The maximum absolute atomic E-state index is 12.8. The van der Waals surface area contributed by atoms with Crippen LogP contribution in [0.3, 0.4) is 0 Å². The summed E-state index contributed by atoms with van der Waals surface area (Å²) in [7, 11) is 0. The third kappa shape index (κ3) is 6.20. The number of hydrogen-bond donors (Lipinski definition) is 2. The average Bonchev–Trinajstić information content (AvgIpc) is 3.06. The van der Waals surface area contributed by atoms with E-state index in [9.17, 15) is 14.4 Å². The first-order valence-electron chi connectivity index (χ1n) is 11.0. The molecular weight excluding hydrogens is 400 g/mol. The van der Waals surface area contributed by atoms with Crippen LogP contribution in [-0.2, 0) is 9.59 Å². The van der Waals surface area contributed by atoms with Crippen LogP contribution in [0.4, 0.5) is 0 Å². The summed E-state index contributed by atoms with van der Waals surface area (Å²) in [5.74, 6) is -0.774. The van der Waals surface area contributed by atoms with Crippen LogP contribution >= 0.6 is 11.8 Å². The Morgan fingerprint density at radius 3 is 2.43 bits per heavy atom. The Balaban J connectivity index is 1.40. The summed E-state index contributed by atoms with van der Waals surface area (Å²) in [5.41, 5.74) is 0.645. The molecule has 3 rings (SSSR count). The topological polar surface area (TPSA) is 91.4 Å². The first-order chi connectivity index (χ1) is 14.6. The first-order valence-corrected chi connectivity index (χ1v) is 12.2. The second-order valence-corrected chi connectivity index (χ2v) is 8.96. The van der Waals surface area contributed by atoms with Gasteiger partial charge in [0.1, 0.15) is 5.03 Å². The van der Waals surface area contributed by atoms with Crippen molar-refractivity contribution in [2.24, 2.45) is 5.92 Å². The molecule has 164 valence electrons. The van der Waals surface area contributed by atoms with E-state index in [2.05, 4.69) is 15.6 Å². The minimum Gasteiger partial charge on any atom is -0.348 e. The van der Waals surface area contributed by atoms with Crippen LogP contribution in [-0.4, -0.2) is 59.5 Å². The summed E-state index contributed by atoms with van der Waals surface area (Å²) in [6, 6.07) is 3.73. The van der Waals surface area contributed by atoms with E-state index in [1.807, 2.05) is 17.2 Å². The molecule has 1 aliphatic heterocycles. The van der Waals surface area contributed by atoms with E-state index in [1.54, 1.807) is 12.3 Å². The van der Waals surface area contributed by atoms with Crippen molar-refractivity contribution in [2.45, 2.75) is 62.4 Å². The molecule has 2 heterocycles. The molecule has 1 aliphatic carbocycles. The molecule has 1 aromatic rings. The van der Waals surface area contributed by atoms with Gasteiger partial charge < -0.3 is 15.5 Å². The number of hydrogen-bond acceptors (Lipinski definition) is 5. The molecule has 30 heavy (non-hydrogen) atoms. The fourth-order valence-corrected chi connectivity index (χ4v) is 4.76. The Morgan fingerprint density at radius 2 is 1.77 bits per heavy atom. The van der Waals surface area contributed by atoms with Crippen molar-refractivity contribution >= 4 is 29.5 Å². The van der Waals surface area contributed by atoms with Crippen LogP contribution in [0.5, 0.6) is 0 Å². The number of aromatic nitrogens is 1. The number of nitrogens with one attached hydrogen (secondary N) is 2. The van der Waals surface area contributed by atoms with E-state index in [-0.39, 0.29) is 17.9 Å². The molecule has 1 aromatic heterocycles. The van der Waals surface area contributed by atoms with Crippen molar-refractivity contribution in [1.29, 1.82) is 0 Å². The third-order valence-electron chi connectivity index (χ3n) is 6.04. The predicted molar refractivity (Wildman–Crippen MR) is 117 cm³/mol. The molecule has 2 aliphatic rings. The number of carbonyl (C=O) groups excluding carboxylic acids is 3. The number of likely N-dealkylation sites (tertiary alicyclic amines) is 1. The van der Waals surface area contributed by atoms with Crippen molar-refractivity contribution in [3.63, 3.8) is 0 Å². The summed E-state index contributed by atoms with van der Waals surface area (Å²) in [4.78, 5) is 43.3. The second kappa shape index (κ2) is 11.3. The lowest BCUT2D eigenvalue weighted by molar-refractivity contribution is -0.139. The summed E-state index contributed by atoms with van der Waals surface area (Å²) in [6.45, 7) is 1.77. The summed E-state index contributed by atoms with van der Waals surface area (Å²) in [5, 5.41) is 6.42. The molecule has 7 nitrogen and oxygen atoms in total. The normalized spacial score (nSPS) is 18.5. The Kier molecular flexibility index (Phi) is 8.54. The SMILES string of the molecule is CSc1ncccc1C(=O)N1CCC(CNC(=O)C(=O)NC2CCCCCC2)CC1. The first kappa shape index (κ1) is 22.6. The minimum atomic E-state index is -0.544. The van der Waals surface area contributed by atoms with E-state index in [0.29, 0.717) is 25.2 Å². The molecule has 2 N–H and O–H groups in total. The Labute approximate surface area is 182 Å². The fourth-order valence-electron chi connectivity index (χ4n) is 4.22. The molecule has 0 bridgehead atoms. The molecule has 0 radical (unpaired) electrons. The summed E-state index contributed by atoms with van der Waals surface area (Å²) >= 11 is 1.47. The molecule has 8 heteroatoms. The lowest BCUT2D eigenvalue weighted by Crippen LogP contribution is -2.47. The Morgan fingerprint density at radius 1 is 1.07 bits per heavy atom. The Hall–Kier alpha value is -2.09. The van der Waals surface area contributed by atoms with Crippen LogP contribution in [0.1, 0.15) is 61.7 Å². The van der Waals surface area contributed by atoms with Crippen LogP contribution < -0.4 is 10.6 Å². The molecular formula is C22H32N4O3S. The van der Waals surface area contributed by atoms with E-state index < -0.39 is 11.8 Å². The number of amides is 3. The summed E-state index contributed by atoms with van der Waals surface area (Å²) < 4.78 is 0. The van der Waals surface area contributed by atoms with Crippen LogP contribution in [0.15, 0.2) is 23.4 Å². The van der Waals surface area contributed by atoms with E-state index in [1.165, 1.54) is 24.6 Å². The van der Waals surface area contributed by atoms with Gasteiger partial charge in [0.25, 0.3) is 5.91 Å². The highest BCUT2D eigenvalue weighted by atomic mass is 32.2. The number of piperidine rings is 1. The maximum Gasteiger partial charge on any atom is 0.309 e. The van der Waals surface area contributed by atoms with Crippen LogP contribution in [0.2, 0.25) is 0 Å². The summed E-state index contributed by atoms with van der Waals surface area (Å²) in [6.07, 6.45) is 11.8. The largest absolute Gasteiger partial charge is 0.348 e. The van der Waals surface area contributed by atoms with Gasteiger partial charge in [-0.15, -0.1) is 11.8 Å². The quantitative estimate of drug-likeness (QED) is 0.424. The highest BCUT2D eigenvalue weighted by molar-refractivity contribution is 7.98. The van der Waals surface area contributed by atoms with Gasteiger partial charge in [-0.2, -0.15) is 0 Å². The van der Waals surface area contributed by atoms with Gasteiger partial charge in [0.05, 0.1) is 5.56 Å². The van der Waals surface area contributed by atoms with Gasteiger partial charge in [0.15, 0.2) is 0 Å². The molecule has 0 aromatic carbocycles. The van der Waals surface area contributed by atoms with Gasteiger partial charge in [-0.3, -0.25) is 14.4 Å². The monoisotopic (exact) mass is 432 g/mol. The van der Waals surface area contributed by atoms with Crippen molar-refractivity contribution in [1.82, 2.24) is 20.5 Å². The Bertz CT molecular complexity index is 742. The fraction of sp³-hybridized carbons (Fsp3) is 0.636. The van der Waals surface area contributed by atoms with Gasteiger partial charge in [0.2, 0.25) is 0 Å². The van der Waals surface area contributed by atoms with Crippen LogP contribution in [0, 0.1) is 5.92 Å². The molecule has 1 saturated carbocycles. The predicted octanol–water partition coefficient (Wildman–Crippen LogP) is 2.61. The van der Waals surface area contributed by atoms with Gasteiger partial charge in [-0.25, -0.2) is 4.98 Å². The smallest absolute Gasteiger partial charge is 0.309 e. The van der Waals surface area contributed by atoms with Crippen molar-refractivity contribution in [3.05, 3.63) is 23.9 Å². The number of carbonyl (C=O) groups is 3. The maximum atomic E-state index is 12.8. The number of thioether (sulfide) groups is 1. The standard InChI is InChI=1S/C22H32N4O3S/c1-30-21-18(9-6-12-23-21)22(29)26-13-10-16(11-14-26)15-24-19(27)20(28)25-17-7-4-2-3-5-8-17/h6,9,12,16-17H,2-5,7-8,10-11,13-15H2,1H3,(H,24,27)(H,25,28).